The summed E-state index contributed by atoms with van der Waals surface area (Å²) >= 11 is 7.17. The first-order chi connectivity index (χ1) is 12.7. The number of anilines is 2. The Labute approximate surface area is 161 Å². The predicted octanol–water partition coefficient (Wildman–Crippen LogP) is 5.59. The number of carbonyl (C=O) groups excluding carboxylic acids is 1. The number of halogens is 4. The van der Waals surface area contributed by atoms with E-state index in [2.05, 4.69) is 15.3 Å². The van der Waals surface area contributed by atoms with E-state index in [0.29, 0.717) is 20.7 Å². The summed E-state index contributed by atoms with van der Waals surface area (Å²) in [5, 5.41) is 3.46. The molecule has 0 saturated heterocycles. The monoisotopic (exact) mass is 415 g/mol. The number of fused-ring (bicyclic) bond motifs is 1. The molecule has 3 aromatic rings. The highest BCUT2D eigenvalue weighted by molar-refractivity contribution is 7.20. The molecule has 0 bridgehead atoms. The standard InChI is InChI=1S/C17H13ClF3N3O2S/c1-3-26-16(25)13-8(2)12-14(22-7-23-15(12)27-13)24-11-6-9(17(19,20)21)4-5-10(11)18/h4-7H,3H2,1-2H3,(H,22,23,24). The highest BCUT2D eigenvalue weighted by Crippen LogP contribution is 2.38. The average Bonchev–Trinajstić information content (AvgIpc) is 2.94. The molecule has 10 heteroatoms. The molecule has 5 nitrogen and oxygen atoms in total. The van der Waals surface area contributed by atoms with Gasteiger partial charge in [-0.3, -0.25) is 0 Å². The Bertz CT molecular complexity index is 1020. The summed E-state index contributed by atoms with van der Waals surface area (Å²) in [5.74, 6) is -0.230. The van der Waals surface area contributed by atoms with Crippen LogP contribution in [0.3, 0.4) is 0 Å². The van der Waals surface area contributed by atoms with Gasteiger partial charge in [0, 0.05) is 0 Å². The number of thiophene rings is 1. The Balaban J connectivity index is 2.07. The first-order valence-electron chi connectivity index (χ1n) is 7.77. The van der Waals surface area contributed by atoms with E-state index < -0.39 is 17.7 Å². The third kappa shape index (κ3) is 3.84. The quantitative estimate of drug-likeness (QED) is 0.562. The van der Waals surface area contributed by atoms with Crippen molar-refractivity contribution in [2.45, 2.75) is 20.0 Å². The lowest BCUT2D eigenvalue weighted by Gasteiger charge is -2.12. The van der Waals surface area contributed by atoms with Gasteiger partial charge in [-0.15, -0.1) is 11.3 Å². The van der Waals surface area contributed by atoms with Gasteiger partial charge in [-0.1, -0.05) is 11.6 Å². The second-order valence-corrected chi connectivity index (χ2v) is 6.90. The van der Waals surface area contributed by atoms with Crippen molar-refractivity contribution in [3.05, 3.63) is 45.6 Å². The van der Waals surface area contributed by atoms with Crippen LogP contribution in [0.1, 0.15) is 27.7 Å². The molecule has 0 radical (unpaired) electrons. The lowest BCUT2D eigenvalue weighted by Crippen LogP contribution is -2.06. The summed E-state index contributed by atoms with van der Waals surface area (Å²) in [6, 6.07) is 2.97. The number of aromatic nitrogens is 2. The van der Waals surface area contributed by atoms with Crippen LogP contribution < -0.4 is 5.32 Å². The van der Waals surface area contributed by atoms with Crippen LogP contribution >= 0.6 is 22.9 Å². The van der Waals surface area contributed by atoms with Crippen LogP contribution in [0.4, 0.5) is 24.7 Å². The zero-order valence-corrected chi connectivity index (χ0v) is 15.7. The Morgan fingerprint density at radius 1 is 1.33 bits per heavy atom. The fraction of sp³-hybridized carbons (Fsp3) is 0.235. The number of alkyl halides is 3. The number of hydrogen-bond donors (Lipinski definition) is 1. The van der Waals surface area contributed by atoms with Crippen molar-refractivity contribution in [2.24, 2.45) is 0 Å². The van der Waals surface area contributed by atoms with Crippen LogP contribution in [0, 0.1) is 6.92 Å². The minimum absolute atomic E-state index is 0.0507. The number of ether oxygens (including phenoxy) is 1. The fourth-order valence-electron chi connectivity index (χ4n) is 2.48. The molecule has 27 heavy (non-hydrogen) atoms. The number of hydrogen-bond acceptors (Lipinski definition) is 6. The van der Waals surface area contributed by atoms with Crippen molar-refractivity contribution < 1.29 is 22.7 Å². The van der Waals surface area contributed by atoms with Gasteiger partial charge in [0.25, 0.3) is 0 Å². The fourth-order valence-corrected chi connectivity index (χ4v) is 3.69. The number of aryl methyl sites for hydroxylation is 1. The minimum atomic E-state index is -4.50. The summed E-state index contributed by atoms with van der Waals surface area (Å²) in [5.41, 5.74) is -0.205. The molecule has 0 aliphatic heterocycles. The molecule has 0 amide bonds. The predicted molar refractivity (Wildman–Crippen MR) is 97.8 cm³/mol. The molecule has 142 valence electrons. The lowest BCUT2D eigenvalue weighted by molar-refractivity contribution is -0.137. The molecule has 0 fully saturated rings. The summed E-state index contributed by atoms with van der Waals surface area (Å²) in [7, 11) is 0. The van der Waals surface area contributed by atoms with Gasteiger partial charge in [-0.2, -0.15) is 13.2 Å². The number of rotatable bonds is 4. The van der Waals surface area contributed by atoms with E-state index in [4.69, 9.17) is 16.3 Å². The van der Waals surface area contributed by atoms with Crippen molar-refractivity contribution in [3.63, 3.8) is 0 Å². The highest BCUT2D eigenvalue weighted by Gasteiger charge is 2.31. The van der Waals surface area contributed by atoms with E-state index in [9.17, 15) is 18.0 Å². The third-order valence-corrected chi connectivity index (χ3v) is 5.24. The largest absolute Gasteiger partial charge is 0.462 e. The zero-order chi connectivity index (χ0) is 19.8. The van der Waals surface area contributed by atoms with Gasteiger partial charge in [0.05, 0.1) is 28.3 Å². The smallest absolute Gasteiger partial charge is 0.416 e. The molecule has 0 saturated carbocycles. The van der Waals surface area contributed by atoms with Gasteiger partial charge in [-0.25, -0.2) is 14.8 Å². The number of carbonyl (C=O) groups is 1. The molecule has 2 aromatic heterocycles. The minimum Gasteiger partial charge on any atom is -0.462 e. The maximum atomic E-state index is 13.0. The summed E-state index contributed by atoms with van der Waals surface area (Å²) < 4.78 is 43.9. The molecular weight excluding hydrogens is 403 g/mol. The molecule has 0 spiro atoms. The Morgan fingerprint density at radius 2 is 2.07 bits per heavy atom. The third-order valence-electron chi connectivity index (χ3n) is 3.73. The zero-order valence-electron chi connectivity index (χ0n) is 14.1. The highest BCUT2D eigenvalue weighted by atomic mass is 35.5. The van der Waals surface area contributed by atoms with Gasteiger partial charge in [0.2, 0.25) is 0 Å². The Kier molecular flexibility index (Phi) is 5.25. The normalized spacial score (nSPS) is 11.6. The second-order valence-electron chi connectivity index (χ2n) is 5.50. The molecule has 0 unspecified atom stereocenters. The molecule has 0 aliphatic carbocycles. The number of nitrogens with one attached hydrogen (secondary N) is 1. The van der Waals surface area contributed by atoms with Gasteiger partial charge < -0.3 is 10.1 Å². The van der Waals surface area contributed by atoms with Crippen molar-refractivity contribution in [2.75, 3.05) is 11.9 Å². The van der Waals surface area contributed by atoms with Gasteiger partial charge in [0.1, 0.15) is 21.9 Å². The van der Waals surface area contributed by atoms with Crippen molar-refractivity contribution in [1.29, 1.82) is 0 Å². The SMILES string of the molecule is CCOC(=O)c1sc2ncnc(Nc3cc(C(F)(F)F)ccc3Cl)c2c1C. The lowest BCUT2D eigenvalue weighted by atomic mass is 10.1. The first-order valence-corrected chi connectivity index (χ1v) is 8.96. The van der Waals surface area contributed by atoms with Gasteiger partial charge in [-0.05, 0) is 37.6 Å². The molecule has 0 atom stereocenters. The molecule has 2 heterocycles. The molecule has 3 rings (SSSR count). The number of nitrogens with zero attached hydrogens (tertiary/aromatic N) is 2. The summed E-state index contributed by atoms with van der Waals surface area (Å²) in [6.07, 6.45) is -3.24. The van der Waals surface area contributed by atoms with Crippen LogP contribution in [-0.2, 0) is 10.9 Å². The van der Waals surface area contributed by atoms with Crippen LogP contribution in [0.25, 0.3) is 10.2 Å². The van der Waals surface area contributed by atoms with Crippen molar-refractivity contribution in [3.8, 4) is 0 Å². The van der Waals surface area contributed by atoms with Crippen molar-refractivity contribution in [1.82, 2.24) is 9.97 Å². The molecular formula is C17H13ClF3N3O2S. The van der Waals surface area contributed by atoms with Crippen LogP contribution in [0.5, 0.6) is 0 Å². The molecule has 1 aromatic carbocycles. The molecule has 1 N–H and O–H groups in total. The maximum Gasteiger partial charge on any atom is 0.416 e. The first kappa shape index (κ1) is 19.4. The molecule has 0 aliphatic rings. The van der Waals surface area contributed by atoms with Gasteiger partial charge in [0.15, 0.2) is 0 Å². The van der Waals surface area contributed by atoms with Crippen molar-refractivity contribution >= 4 is 50.6 Å². The number of benzene rings is 1. The summed E-state index contributed by atoms with van der Waals surface area (Å²) in [6.45, 7) is 3.62. The average molecular weight is 416 g/mol. The summed E-state index contributed by atoms with van der Waals surface area (Å²) in [4.78, 5) is 21.2. The second kappa shape index (κ2) is 7.32. The van der Waals surface area contributed by atoms with E-state index in [1.165, 1.54) is 6.33 Å². The van der Waals surface area contributed by atoms with Crippen LogP contribution in [0.2, 0.25) is 5.02 Å². The van der Waals surface area contributed by atoms with E-state index in [-0.39, 0.29) is 23.1 Å². The maximum absolute atomic E-state index is 13.0. The Morgan fingerprint density at radius 3 is 2.74 bits per heavy atom. The Hall–Kier alpha value is -2.39. The topological polar surface area (TPSA) is 64.1 Å². The van der Waals surface area contributed by atoms with Gasteiger partial charge >= 0.3 is 12.1 Å². The number of esters is 1. The van der Waals surface area contributed by atoms with E-state index >= 15 is 0 Å². The van der Waals surface area contributed by atoms with Crippen LogP contribution in [-0.4, -0.2) is 22.5 Å². The van der Waals surface area contributed by atoms with E-state index in [1.54, 1.807) is 13.8 Å². The van der Waals surface area contributed by atoms with E-state index in [0.717, 1.165) is 29.5 Å². The van der Waals surface area contributed by atoms with Crippen LogP contribution in [0.15, 0.2) is 24.5 Å². The van der Waals surface area contributed by atoms with E-state index in [1.807, 2.05) is 0 Å².